The van der Waals surface area contributed by atoms with E-state index in [9.17, 15) is 0 Å². The van der Waals surface area contributed by atoms with Crippen molar-refractivity contribution in [2.75, 3.05) is 0 Å². The van der Waals surface area contributed by atoms with Crippen LogP contribution in [0.3, 0.4) is 0 Å². The van der Waals surface area contributed by atoms with Crippen molar-refractivity contribution in [1.82, 2.24) is 0 Å². The summed E-state index contributed by atoms with van der Waals surface area (Å²) < 4.78 is 0. The molecule has 0 N–H and O–H groups in total. The van der Waals surface area contributed by atoms with Gasteiger partial charge < -0.3 is 0 Å². The second kappa shape index (κ2) is 4.00. The lowest BCUT2D eigenvalue weighted by atomic mass is 9.54. The zero-order chi connectivity index (χ0) is 11.9. The Kier molecular flexibility index (Phi) is 2.72. The molecule has 4 aliphatic carbocycles. The molecule has 0 aromatic rings. The van der Waals surface area contributed by atoms with E-state index < -0.39 is 0 Å². The van der Waals surface area contributed by atoms with Crippen LogP contribution in [0.1, 0.15) is 71.6 Å². The minimum atomic E-state index is 0.754. The Bertz CT molecular complexity index is 351. The SMILES string of the molecule is CC1=CC2(CCC2)C1.CC=C1CC2(CCC2)C1. The quantitative estimate of drug-likeness (QED) is 0.488. The molecule has 0 aliphatic heterocycles. The van der Waals surface area contributed by atoms with Crippen molar-refractivity contribution >= 4 is 0 Å². The van der Waals surface area contributed by atoms with Crippen molar-refractivity contribution in [3.05, 3.63) is 23.3 Å². The Morgan fingerprint density at radius 1 is 1.00 bits per heavy atom. The number of allylic oxidation sites excluding steroid dienone is 4. The maximum atomic E-state index is 2.47. The van der Waals surface area contributed by atoms with Crippen LogP contribution in [0.15, 0.2) is 23.3 Å². The Labute approximate surface area is 106 Å². The summed E-state index contributed by atoms with van der Waals surface area (Å²) in [5.41, 5.74) is 4.92. The van der Waals surface area contributed by atoms with Crippen LogP contribution >= 0.6 is 0 Å². The van der Waals surface area contributed by atoms with E-state index in [4.69, 9.17) is 0 Å². The van der Waals surface area contributed by atoms with Gasteiger partial charge in [0.05, 0.1) is 0 Å². The Morgan fingerprint density at radius 3 is 1.82 bits per heavy atom. The zero-order valence-corrected chi connectivity index (χ0v) is 11.5. The fraction of sp³-hybridized carbons (Fsp3) is 0.765. The van der Waals surface area contributed by atoms with Crippen molar-refractivity contribution in [2.24, 2.45) is 10.8 Å². The summed E-state index contributed by atoms with van der Waals surface area (Å²) in [6.07, 6.45) is 18.0. The highest BCUT2D eigenvalue weighted by molar-refractivity contribution is 5.24. The van der Waals surface area contributed by atoms with Crippen LogP contribution in [0.4, 0.5) is 0 Å². The average molecular weight is 230 g/mol. The minimum Gasteiger partial charge on any atom is -0.0884 e. The highest BCUT2D eigenvalue weighted by Crippen LogP contribution is 2.58. The lowest BCUT2D eigenvalue weighted by molar-refractivity contribution is 0.0804. The summed E-state index contributed by atoms with van der Waals surface area (Å²) >= 11 is 0. The summed E-state index contributed by atoms with van der Waals surface area (Å²) in [6.45, 7) is 4.41. The molecule has 0 aromatic carbocycles. The van der Waals surface area contributed by atoms with Gasteiger partial charge in [-0.3, -0.25) is 0 Å². The summed E-state index contributed by atoms with van der Waals surface area (Å²) in [6, 6.07) is 0. The molecule has 0 atom stereocenters. The fourth-order valence-electron chi connectivity index (χ4n) is 4.15. The van der Waals surface area contributed by atoms with Crippen molar-refractivity contribution < 1.29 is 0 Å². The molecule has 0 heteroatoms. The van der Waals surface area contributed by atoms with Crippen molar-refractivity contribution in [2.45, 2.75) is 71.6 Å². The smallest absolute Gasteiger partial charge is 0.00786 e. The Morgan fingerprint density at radius 2 is 1.59 bits per heavy atom. The average Bonchev–Trinajstić information content (AvgIpc) is 2.07. The van der Waals surface area contributed by atoms with Crippen LogP contribution in [0.5, 0.6) is 0 Å². The molecule has 0 bridgehead atoms. The first-order valence-electron chi connectivity index (χ1n) is 7.48. The van der Waals surface area contributed by atoms with Crippen LogP contribution < -0.4 is 0 Å². The van der Waals surface area contributed by atoms with Gasteiger partial charge in [0.1, 0.15) is 0 Å². The number of hydrogen-bond donors (Lipinski definition) is 0. The van der Waals surface area contributed by atoms with Crippen LogP contribution in [-0.4, -0.2) is 0 Å². The number of rotatable bonds is 0. The molecular formula is C17H26. The van der Waals surface area contributed by atoms with E-state index >= 15 is 0 Å². The standard InChI is InChI=1S/C9H14.C8H12/c1-2-8-6-9(7-8)4-3-5-9;1-7-5-8(6-7)3-2-4-8/h2H,3-7H2,1H3;5H,2-4,6H2,1H3. The minimum absolute atomic E-state index is 0.754. The predicted molar refractivity (Wildman–Crippen MR) is 73.9 cm³/mol. The molecule has 3 saturated carbocycles. The molecule has 0 saturated heterocycles. The molecule has 0 aromatic heterocycles. The summed E-state index contributed by atoms with van der Waals surface area (Å²) in [4.78, 5) is 0. The Hall–Kier alpha value is -0.520. The molecule has 2 spiro atoms. The summed E-state index contributed by atoms with van der Waals surface area (Å²) in [5.74, 6) is 0. The highest BCUT2D eigenvalue weighted by Gasteiger charge is 2.44. The van der Waals surface area contributed by atoms with Gasteiger partial charge in [0.15, 0.2) is 0 Å². The van der Waals surface area contributed by atoms with E-state index in [2.05, 4.69) is 26.0 Å². The molecule has 0 radical (unpaired) electrons. The van der Waals surface area contributed by atoms with Gasteiger partial charge in [-0.05, 0) is 69.6 Å². The van der Waals surface area contributed by atoms with Gasteiger partial charge in [-0.25, -0.2) is 0 Å². The maximum Gasteiger partial charge on any atom is -0.00786 e. The van der Waals surface area contributed by atoms with Gasteiger partial charge in [-0.2, -0.15) is 0 Å². The summed E-state index contributed by atoms with van der Waals surface area (Å²) in [7, 11) is 0. The molecule has 0 heterocycles. The van der Waals surface area contributed by atoms with Gasteiger partial charge in [0.2, 0.25) is 0 Å². The van der Waals surface area contributed by atoms with E-state index in [1.165, 1.54) is 57.8 Å². The first kappa shape index (κ1) is 11.6. The van der Waals surface area contributed by atoms with Gasteiger partial charge >= 0.3 is 0 Å². The first-order chi connectivity index (χ1) is 8.15. The van der Waals surface area contributed by atoms with Crippen LogP contribution in [0.25, 0.3) is 0 Å². The second-order valence-corrected chi connectivity index (χ2v) is 7.04. The lowest BCUT2D eigenvalue weighted by Crippen LogP contribution is -2.37. The molecular weight excluding hydrogens is 204 g/mol. The maximum absolute atomic E-state index is 2.47. The van der Waals surface area contributed by atoms with E-state index in [0.29, 0.717) is 0 Å². The van der Waals surface area contributed by atoms with Gasteiger partial charge in [0.25, 0.3) is 0 Å². The molecule has 4 aliphatic rings. The van der Waals surface area contributed by atoms with E-state index in [0.717, 1.165) is 10.8 Å². The topological polar surface area (TPSA) is 0 Å². The van der Waals surface area contributed by atoms with Gasteiger partial charge in [-0.1, -0.05) is 36.1 Å². The fourth-order valence-corrected chi connectivity index (χ4v) is 4.15. The molecule has 0 nitrogen and oxygen atoms in total. The first-order valence-corrected chi connectivity index (χ1v) is 7.48. The largest absolute Gasteiger partial charge is 0.0884 e. The molecule has 0 amide bonds. The van der Waals surface area contributed by atoms with Crippen molar-refractivity contribution in [3.8, 4) is 0 Å². The second-order valence-electron chi connectivity index (χ2n) is 7.04. The molecule has 17 heavy (non-hydrogen) atoms. The van der Waals surface area contributed by atoms with Crippen LogP contribution in [0, 0.1) is 10.8 Å². The molecule has 3 fully saturated rings. The summed E-state index contributed by atoms with van der Waals surface area (Å²) in [5, 5.41) is 0. The molecule has 0 unspecified atom stereocenters. The number of hydrogen-bond acceptors (Lipinski definition) is 0. The lowest BCUT2D eigenvalue weighted by Gasteiger charge is -2.51. The zero-order valence-electron chi connectivity index (χ0n) is 11.5. The molecule has 94 valence electrons. The third-order valence-electron chi connectivity index (χ3n) is 5.56. The van der Waals surface area contributed by atoms with Gasteiger partial charge in [-0.15, -0.1) is 0 Å². The van der Waals surface area contributed by atoms with Gasteiger partial charge in [0, 0.05) is 0 Å². The third kappa shape index (κ3) is 2.00. The normalized spacial score (nSPS) is 30.0. The monoisotopic (exact) mass is 230 g/mol. The Balaban J connectivity index is 0.000000107. The van der Waals surface area contributed by atoms with Crippen LogP contribution in [0.2, 0.25) is 0 Å². The van der Waals surface area contributed by atoms with E-state index in [-0.39, 0.29) is 0 Å². The molecule has 4 rings (SSSR count). The van der Waals surface area contributed by atoms with Crippen LogP contribution in [-0.2, 0) is 0 Å². The van der Waals surface area contributed by atoms with Crippen molar-refractivity contribution in [3.63, 3.8) is 0 Å². The van der Waals surface area contributed by atoms with E-state index in [1.54, 1.807) is 11.1 Å². The van der Waals surface area contributed by atoms with E-state index in [1.807, 2.05) is 0 Å². The highest BCUT2D eigenvalue weighted by atomic mass is 14.5. The third-order valence-corrected chi connectivity index (χ3v) is 5.56. The van der Waals surface area contributed by atoms with Crippen molar-refractivity contribution in [1.29, 1.82) is 0 Å². The predicted octanol–water partition coefficient (Wildman–Crippen LogP) is 5.40.